The van der Waals surface area contributed by atoms with Crippen LogP contribution in [0.1, 0.15) is 0 Å². The van der Waals surface area contributed by atoms with Crippen molar-refractivity contribution in [3.8, 4) is 22.5 Å². The van der Waals surface area contributed by atoms with Crippen LogP contribution < -0.4 is 0 Å². The average Bonchev–Trinajstić information content (AvgIpc) is 3.19. The Labute approximate surface area is 136 Å². The van der Waals surface area contributed by atoms with Gasteiger partial charge in [-0.15, -0.1) is 0 Å². The van der Waals surface area contributed by atoms with Gasteiger partial charge in [0.15, 0.2) is 0 Å². The van der Waals surface area contributed by atoms with Crippen LogP contribution in [-0.4, -0.2) is 9.97 Å². The van der Waals surface area contributed by atoms with Crippen molar-refractivity contribution in [3.05, 3.63) is 103 Å². The second-order valence-corrected chi connectivity index (χ2v) is 5.04. The van der Waals surface area contributed by atoms with Gasteiger partial charge in [-0.1, -0.05) is 91.0 Å². The van der Waals surface area contributed by atoms with Crippen LogP contribution in [-0.2, 0) is 0 Å². The molecule has 0 saturated heterocycles. The van der Waals surface area contributed by atoms with Gasteiger partial charge in [0.05, 0.1) is 0 Å². The highest BCUT2D eigenvalue weighted by molar-refractivity contribution is 5.62. The Morgan fingerprint density at radius 2 is 0.957 bits per heavy atom. The third-order valence-electron chi connectivity index (χ3n) is 3.43. The minimum Gasteiger partial charge on any atom is -0.345 e. The Balaban J connectivity index is 0.000000136. The zero-order valence-electron chi connectivity index (χ0n) is 12.8. The highest BCUT2D eigenvalue weighted by Gasteiger charge is 1.95. The van der Waals surface area contributed by atoms with Gasteiger partial charge in [-0.3, -0.25) is 0 Å². The number of hydrogen-bond acceptors (Lipinski definition) is 1. The minimum atomic E-state index is 0.922. The van der Waals surface area contributed by atoms with Crippen LogP contribution in [0.2, 0.25) is 0 Å². The number of imidazole rings is 1. The molecule has 4 aromatic rings. The second kappa shape index (κ2) is 7.76. The highest BCUT2D eigenvalue weighted by Crippen LogP contribution is 2.17. The molecule has 1 aromatic heterocycles. The SMILES string of the molecule is c1ccc(-c2ccccc2)cc1.c1ccc(-c2ncc[nH]2)cc1. The fourth-order valence-electron chi connectivity index (χ4n) is 2.28. The monoisotopic (exact) mass is 298 g/mol. The normalized spacial score (nSPS) is 9.74. The molecule has 2 nitrogen and oxygen atoms in total. The highest BCUT2D eigenvalue weighted by atomic mass is 14.9. The van der Waals surface area contributed by atoms with E-state index in [2.05, 4.69) is 58.5 Å². The predicted molar refractivity (Wildman–Crippen MR) is 95.9 cm³/mol. The van der Waals surface area contributed by atoms with Crippen molar-refractivity contribution < 1.29 is 0 Å². The predicted octanol–water partition coefficient (Wildman–Crippen LogP) is 5.43. The van der Waals surface area contributed by atoms with Crippen molar-refractivity contribution in [1.82, 2.24) is 9.97 Å². The summed E-state index contributed by atoms with van der Waals surface area (Å²) < 4.78 is 0. The van der Waals surface area contributed by atoms with E-state index < -0.39 is 0 Å². The van der Waals surface area contributed by atoms with Gasteiger partial charge in [-0.25, -0.2) is 4.98 Å². The van der Waals surface area contributed by atoms with Crippen LogP contribution >= 0.6 is 0 Å². The number of aromatic nitrogens is 2. The largest absolute Gasteiger partial charge is 0.345 e. The van der Waals surface area contributed by atoms with Crippen LogP contribution in [0.25, 0.3) is 22.5 Å². The zero-order valence-corrected chi connectivity index (χ0v) is 12.8. The summed E-state index contributed by atoms with van der Waals surface area (Å²) in [4.78, 5) is 7.17. The molecular formula is C21H18N2. The van der Waals surface area contributed by atoms with Gasteiger partial charge in [0, 0.05) is 18.0 Å². The van der Waals surface area contributed by atoms with E-state index >= 15 is 0 Å². The molecule has 2 heteroatoms. The number of nitrogens with zero attached hydrogens (tertiary/aromatic N) is 1. The molecular weight excluding hydrogens is 280 g/mol. The van der Waals surface area contributed by atoms with Gasteiger partial charge >= 0.3 is 0 Å². The Bertz CT molecular complexity index is 755. The first-order valence-corrected chi connectivity index (χ1v) is 7.59. The van der Waals surface area contributed by atoms with Gasteiger partial charge < -0.3 is 4.98 Å². The maximum atomic E-state index is 4.13. The van der Waals surface area contributed by atoms with E-state index in [1.54, 1.807) is 6.20 Å². The number of nitrogens with one attached hydrogen (secondary N) is 1. The number of rotatable bonds is 2. The summed E-state index contributed by atoms with van der Waals surface area (Å²) in [5.41, 5.74) is 3.67. The molecule has 0 atom stereocenters. The molecule has 0 aliphatic carbocycles. The third-order valence-corrected chi connectivity index (χ3v) is 3.43. The number of hydrogen-bond donors (Lipinski definition) is 1. The molecule has 0 aliphatic rings. The Morgan fingerprint density at radius 3 is 1.35 bits per heavy atom. The summed E-state index contributed by atoms with van der Waals surface area (Å²) in [6.45, 7) is 0. The molecule has 1 heterocycles. The molecule has 23 heavy (non-hydrogen) atoms. The fraction of sp³-hybridized carbons (Fsp3) is 0. The molecule has 4 rings (SSSR count). The first-order chi connectivity index (χ1) is 11.4. The molecule has 0 bridgehead atoms. The lowest BCUT2D eigenvalue weighted by Gasteiger charge is -1.98. The topological polar surface area (TPSA) is 28.7 Å². The van der Waals surface area contributed by atoms with E-state index in [4.69, 9.17) is 0 Å². The van der Waals surface area contributed by atoms with Crippen molar-refractivity contribution in [3.63, 3.8) is 0 Å². The van der Waals surface area contributed by atoms with Crippen molar-refractivity contribution in [2.45, 2.75) is 0 Å². The molecule has 1 N–H and O–H groups in total. The summed E-state index contributed by atoms with van der Waals surface area (Å²) in [5, 5.41) is 0. The number of benzene rings is 3. The van der Waals surface area contributed by atoms with Gasteiger partial charge in [0.1, 0.15) is 5.82 Å². The molecule has 0 amide bonds. The molecule has 0 spiro atoms. The van der Waals surface area contributed by atoms with E-state index in [1.165, 1.54) is 11.1 Å². The maximum absolute atomic E-state index is 4.13. The standard InChI is InChI=1S/C12H10.C9H8N2/c1-3-7-11(8-4-1)12-9-5-2-6-10-12;1-2-4-8(5-3-1)9-10-6-7-11-9/h1-10H;1-7H,(H,10,11). The van der Waals surface area contributed by atoms with E-state index in [0.717, 1.165) is 11.4 Å². The number of aromatic amines is 1. The summed E-state index contributed by atoms with van der Waals surface area (Å²) in [7, 11) is 0. The molecule has 0 saturated carbocycles. The van der Waals surface area contributed by atoms with E-state index in [0.29, 0.717) is 0 Å². The van der Waals surface area contributed by atoms with Crippen molar-refractivity contribution in [2.24, 2.45) is 0 Å². The van der Waals surface area contributed by atoms with Gasteiger partial charge in [0.2, 0.25) is 0 Å². The number of H-pyrrole nitrogens is 1. The lowest BCUT2D eigenvalue weighted by atomic mass is 10.1. The molecule has 0 fully saturated rings. The van der Waals surface area contributed by atoms with Crippen molar-refractivity contribution >= 4 is 0 Å². The van der Waals surface area contributed by atoms with Crippen LogP contribution in [0.5, 0.6) is 0 Å². The van der Waals surface area contributed by atoms with E-state index in [-0.39, 0.29) is 0 Å². The molecule has 3 aromatic carbocycles. The first-order valence-electron chi connectivity index (χ1n) is 7.59. The molecule has 0 aliphatic heterocycles. The summed E-state index contributed by atoms with van der Waals surface area (Å²) in [6.07, 6.45) is 3.57. The quantitative estimate of drug-likeness (QED) is 0.525. The Morgan fingerprint density at radius 1 is 0.522 bits per heavy atom. The van der Waals surface area contributed by atoms with Crippen LogP contribution in [0.15, 0.2) is 103 Å². The Hall–Kier alpha value is -3.13. The van der Waals surface area contributed by atoms with Crippen LogP contribution in [0.4, 0.5) is 0 Å². The second-order valence-electron chi connectivity index (χ2n) is 5.04. The minimum absolute atomic E-state index is 0.922. The summed E-state index contributed by atoms with van der Waals surface area (Å²) in [5.74, 6) is 0.922. The van der Waals surface area contributed by atoms with Gasteiger partial charge in [-0.2, -0.15) is 0 Å². The first kappa shape index (κ1) is 14.8. The zero-order chi connectivity index (χ0) is 15.7. The van der Waals surface area contributed by atoms with Crippen molar-refractivity contribution in [1.29, 1.82) is 0 Å². The van der Waals surface area contributed by atoms with Gasteiger partial charge in [-0.05, 0) is 11.1 Å². The van der Waals surface area contributed by atoms with Crippen molar-refractivity contribution in [2.75, 3.05) is 0 Å². The lowest BCUT2D eigenvalue weighted by molar-refractivity contribution is 1.31. The molecule has 0 unspecified atom stereocenters. The molecule has 0 radical (unpaired) electrons. The summed E-state index contributed by atoms with van der Waals surface area (Å²) in [6, 6.07) is 30.8. The van der Waals surface area contributed by atoms with Crippen LogP contribution in [0, 0.1) is 0 Å². The third kappa shape index (κ3) is 4.17. The van der Waals surface area contributed by atoms with Gasteiger partial charge in [0.25, 0.3) is 0 Å². The maximum Gasteiger partial charge on any atom is 0.137 e. The van der Waals surface area contributed by atoms with E-state index in [9.17, 15) is 0 Å². The lowest BCUT2D eigenvalue weighted by Crippen LogP contribution is -1.77. The Kier molecular flexibility index (Phi) is 4.99. The smallest absolute Gasteiger partial charge is 0.137 e. The fourth-order valence-corrected chi connectivity index (χ4v) is 2.28. The molecule has 112 valence electrons. The average molecular weight is 298 g/mol. The van der Waals surface area contributed by atoms with E-state index in [1.807, 2.05) is 48.7 Å². The van der Waals surface area contributed by atoms with Crippen LogP contribution in [0.3, 0.4) is 0 Å². The summed E-state index contributed by atoms with van der Waals surface area (Å²) >= 11 is 0.